The predicted octanol–water partition coefficient (Wildman–Crippen LogP) is 3.03. The van der Waals surface area contributed by atoms with Gasteiger partial charge in [0.25, 0.3) is 0 Å². The summed E-state index contributed by atoms with van der Waals surface area (Å²) < 4.78 is 27.4. The van der Waals surface area contributed by atoms with Crippen molar-refractivity contribution in [2.45, 2.75) is 0 Å². The molecule has 0 saturated carbocycles. The lowest BCUT2D eigenvalue weighted by molar-refractivity contribution is 0.112. The van der Waals surface area contributed by atoms with Crippen LogP contribution in [0.4, 0.5) is 14.5 Å². The van der Waals surface area contributed by atoms with Crippen molar-refractivity contribution in [2.24, 2.45) is 0 Å². The molecule has 0 aliphatic heterocycles. The molecule has 2 N–H and O–H groups in total. The van der Waals surface area contributed by atoms with E-state index >= 15 is 0 Å². The van der Waals surface area contributed by atoms with Crippen LogP contribution in [0, 0.1) is 11.6 Å². The number of aldehydes is 1. The zero-order valence-electron chi connectivity index (χ0n) is 8.78. The maximum Gasteiger partial charge on any atom is 0.156 e. The van der Waals surface area contributed by atoms with Gasteiger partial charge in [0, 0.05) is 5.56 Å². The fourth-order valence-electron chi connectivity index (χ4n) is 1.64. The van der Waals surface area contributed by atoms with Gasteiger partial charge in [0.2, 0.25) is 0 Å². The first kappa shape index (κ1) is 11.3. The summed E-state index contributed by atoms with van der Waals surface area (Å²) in [7, 11) is 0. The van der Waals surface area contributed by atoms with Crippen molar-refractivity contribution >= 4 is 12.0 Å². The summed E-state index contributed by atoms with van der Waals surface area (Å²) in [4.78, 5) is 10.8. The van der Waals surface area contributed by atoms with Gasteiger partial charge < -0.3 is 5.73 Å². The number of hydrogen-bond acceptors (Lipinski definition) is 2. The van der Waals surface area contributed by atoms with Crippen molar-refractivity contribution in [3.63, 3.8) is 0 Å². The van der Waals surface area contributed by atoms with Gasteiger partial charge in [0.15, 0.2) is 12.1 Å². The molecule has 0 unspecified atom stereocenters. The molecule has 4 heteroatoms. The molecule has 0 heterocycles. The molecule has 2 aromatic rings. The Hall–Kier alpha value is -2.23. The van der Waals surface area contributed by atoms with E-state index in [1.807, 2.05) is 0 Å². The summed E-state index contributed by atoms with van der Waals surface area (Å²) >= 11 is 0. The first-order valence-electron chi connectivity index (χ1n) is 4.93. The average molecular weight is 233 g/mol. The molecule has 0 bridgehead atoms. The minimum atomic E-state index is -0.848. The van der Waals surface area contributed by atoms with Crippen LogP contribution >= 0.6 is 0 Å². The monoisotopic (exact) mass is 233 g/mol. The third-order valence-corrected chi connectivity index (χ3v) is 2.48. The first-order valence-corrected chi connectivity index (χ1v) is 4.93. The van der Waals surface area contributed by atoms with Crippen molar-refractivity contribution in [1.82, 2.24) is 0 Å². The second-order valence-corrected chi connectivity index (χ2v) is 3.53. The summed E-state index contributed by atoms with van der Waals surface area (Å²) in [5.41, 5.74) is 5.38. The molecule has 0 spiro atoms. The summed E-state index contributed by atoms with van der Waals surface area (Å²) in [5, 5.41) is 0. The minimum absolute atomic E-state index is 0.151. The lowest BCUT2D eigenvalue weighted by Crippen LogP contribution is -1.98. The van der Waals surface area contributed by atoms with Crippen LogP contribution in [-0.4, -0.2) is 6.29 Å². The number of halogens is 2. The van der Waals surface area contributed by atoms with Crippen molar-refractivity contribution in [3.8, 4) is 11.1 Å². The lowest BCUT2D eigenvalue weighted by Gasteiger charge is -2.09. The highest BCUT2D eigenvalue weighted by atomic mass is 19.1. The summed E-state index contributed by atoms with van der Waals surface area (Å²) in [6.07, 6.45) is 0.553. The van der Waals surface area contributed by atoms with Crippen LogP contribution in [0.5, 0.6) is 0 Å². The molecule has 0 aliphatic rings. The van der Waals surface area contributed by atoms with Gasteiger partial charge in [-0.3, -0.25) is 4.79 Å². The SMILES string of the molecule is Nc1ccc(F)c(-c2ccccc2C=O)c1F. The topological polar surface area (TPSA) is 43.1 Å². The Morgan fingerprint density at radius 3 is 2.47 bits per heavy atom. The molecular formula is C13H9F2NO. The summed E-state index contributed by atoms with van der Waals surface area (Å²) in [5.74, 6) is -1.59. The third-order valence-electron chi connectivity index (χ3n) is 2.48. The van der Waals surface area contributed by atoms with E-state index in [4.69, 9.17) is 5.73 Å². The van der Waals surface area contributed by atoms with Crippen molar-refractivity contribution in [2.75, 3.05) is 5.73 Å². The van der Waals surface area contributed by atoms with Crippen LogP contribution in [0.2, 0.25) is 0 Å². The maximum absolute atomic E-state index is 13.8. The van der Waals surface area contributed by atoms with Crippen LogP contribution in [0.15, 0.2) is 36.4 Å². The highest BCUT2D eigenvalue weighted by Crippen LogP contribution is 2.30. The zero-order chi connectivity index (χ0) is 12.4. The van der Waals surface area contributed by atoms with Gasteiger partial charge in [0.05, 0.1) is 11.3 Å². The number of carbonyl (C=O) groups is 1. The van der Waals surface area contributed by atoms with E-state index in [1.165, 1.54) is 12.1 Å². The molecule has 2 aromatic carbocycles. The van der Waals surface area contributed by atoms with Gasteiger partial charge in [-0.2, -0.15) is 0 Å². The fraction of sp³-hybridized carbons (Fsp3) is 0. The highest BCUT2D eigenvalue weighted by Gasteiger charge is 2.16. The van der Waals surface area contributed by atoms with Crippen LogP contribution in [0.3, 0.4) is 0 Å². The smallest absolute Gasteiger partial charge is 0.156 e. The van der Waals surface area contributed by atoms with E-state index in [0.717, 1.165) is 12.1 Å². The van der Waals surface area contributed by atoms with Gasteiger partial charge in [-0.05, 0) is 17.7 Å². The second-order valence-electron chi connectivity index (χ2n) is 3.53. The molecule has 2 rings (SSSR count). The largest absolute Gasteiger partial charge is 0.396 e. The molecule has 0 saturated heterocycles. The molecule has 2 nitrogen and oxygen atoms in total. The summed E-state index contributed by atoms with van der Waals surface area (Å²) in [6, 6.07) is 8.42. The molecule has 0 atom stereocenters. The van der Waals surface area contributed by atoms with E-state index in [2.05, 4.69) is 0 Å². The van der Waals surface area contributed by atoms with Gasteiger partial charge in [-0.15, -0.1) is 0 Å². The predicted molar refractivity (Wildman–Crippen MR) is 61.6 cm³/mol. The maximum atomic E-state index is 13.8. The number of rotatable bonds is 2. The molecule has 17 heavy (non-hydrogen) atoms. The Morgan fingerprint density at radius 1 is 1.06 bits per heavy atom. The normalized spacial score (nSPS) is 10.2. The van der Waals surface area contributed by atoms with E-state index in [9.17, 15) is 13.6 Å². The van der Waals surface area contributed by atoms with Gasteiger partial charge >= 0.3 is 0 Å². The molecule has 0 aliphatic carbocycles. The quantitative estimate of drug-likeness (QED) is 0.640. The van der Waals surface area contributed by atoms with E-state index in [0.29, 0.717) is 6.29 Å². The Kier molecular flexibility index (Phi) is 2.87. The number of hydrogen-bond donors (Lipinski definition) is 1. The van der Waals surface area contributed by atoms with Crippen LogP contribution in [0.1, 0.15) is 10.4 Å². The van der Waals surface area contributed by atoms with Crippen molar-refractivity contribution < 1.29 is 13.6 Å². The van der Waals surface area contributed by atoms with Gasteiger partial charge in [-0.1, -0.05) is 24.3 Å². The van der Waals surface area contributed by atoms with Gasteiger partial charge in [0.1, 0.15) is 5.82 Å². The average Bonchev–Trinajstić information content (AvgIpc) is 2.35. The standard InChI is InChI=1S/C13H9F2NO/c14-10-5-6-11(16)13(15)12(10)9-4-2-1-3-8(9)7-17/h1-7H,16H2. The fourth-order valence-corrected chi connectivity index (χ4v) is 1.64. The molecule has 0 fully saturated rings. The molecular weight excluding hydrogens is 224 g/mol. The summed E-state index contributed by atoms with van der Waals surface area (Å²) in [6.45, 7) is 0. The zero-order valence-corrected chi connectivity index (χ0v) is 8.78. The van der Waals surface area contributed by atoms with Crippen molar-refractivity contribution in [3.05, 3.63) is 53.6 Å². The molecule has 86 valence electrons. The Labute approximate surface area is 96.7 Å². The van der Waals surface area contributed by atoms with Crippen molar-refractivity contribution in [1.29, 1.82) is 0 Å². The third kappa shape index (κ3) is 1.89. The molecule has 0 aromatic heterocycles. The van der Waals surface area contributed by atoms with E-state index in [-0.39, 0.29) is 22.4 Å². The lowest BCUT2D eigenvalue weighted by atomic mass is 9.99. The first-order chi connectivity index (χ1) is 8.15. The number of benzene rings is 2. The number of nitrogen functional groups attached to an aromatic ring is 1. The van der Waals surface area contributed by atoms with E-state index < -0.39 is 11.6 Å². The van der Waals surface area contributed by atoms with Crippen LogP contribution in [0.25, 0.3) is 11.1 Å². The number of nitrogens with two attached hydrogens (primary N) is 1. The highest BCUT2D eigenvalue weighted by molar-refractivity contribution is 5.88. The Morgan fingerprint density at radius 2 is 1.76 bits per heavy atom. The Bertz CT molecular complexity index is 582. The number of carbonyl (C=O) groups excluding carboxylic acids is 1. The molecule has 0 radical (unpaired) electrons. The van der Waals surface area contributed by atoms with E-state index in [1.54, 1.807) is 12.1 Å². The molecule has 0 amide bonds. The minimum Gasteiger partial charge on any atom is -0.396 e. The second kappa shape index (κ2) is 4.33. The number of anilines is 1. The van der Waals surface area contributed by atoms with Crippen LogP contribution < -0.4 is 5.73 Å². The van der Waals surface area contributed by atoms with Crippen LogP contribution in [-0.2, 0) is 0 Å². The Balaban J connectivity index is 2.76. The van der Waals surface area contributed by atoms with Gasteiger partial charge in [-0.25, -0.2) is 8.78 Å².